The SMILES string of the molecule is COC(=O)c1c(CCC(C)(C)O)c(OC2O[C@H](CO)[C@@H](O)[C@H](O)[C@H]2O)c2ccccc2c1O. The lowest BCUT2D eigenvalue weighted by Crippen LogP contribution is -2.60. The van der Waals surface area contributed by atoms with Crippen LogP contribution in [0.4, 0.5) is 0 Å². The molecule has 0 radical (unpaired) electrons. The molecule has 1 aliphatic heterocycles. The van der Waals surface area contributed by atoms with Crippen molar-refractivity contribution >= 4 is 16.7 Å². The Labute approximate surface area is 190 Å². The molecule has 0 spiro atoms. The standard InChI is InChI=1S/C23H30O10/c1-23(2,30)9-8-13-15(21(29)31-3)16(25)11-6-4-5-7-12(11)20(13)33-22-19(28)18(27)17(26)14(10-24)32-22/h4-7,14,17-19,22,24-28,30H,8-10H2,1-3H3/t14-,17-,18+,19-,22?/m1/s1. The number of aromatic hydroxyl groups is 1. The molecule has 182 valence electrons. The van der Waals surface area contributed by atoms with Crippen LogP contribution in [-0.4, -0.2) is 86.6 Å². The van der Waals surface area contributed by atoms with Crippen molar-refractivity contribution in [1.29, 1.82) is 0 Å². The molecule has 1 fully saturated rings. The van der Waals surface area contributed by atoms with Crippen LogP contribution in [0.5, 0.6) is 11.5 Å². The number of hydrogen-bond acceptors (Lipinski definition) is 10. The number of aliphatic hydroxyl groups excluding tert-OH is 4. The van der Waals surface area contributed by atoms with Crippen molar-refractivity contribution in [2.75, 3.05) is 13.7 Å². The monoisotopic (exact) mass is 466 g/mol. The van der Waals surface area contributed by atoms with E-state index >= 15 is 0 Å². The Morgan fingerprint density at radius 3 is 2.30 bits per heavy atom. The predicted octanol–water partition coefficient (Wildman–Crippen LogP) is 0.214. The second kappa shape index (κ2) is 9.80. The van der Waals surface area contributed by atoms with E-state index in [-0.39, 0.29) is 40.9 Å². The first-order chi connectivity index (χ1) is 15.5. The number of phenolic OH excluding ortho intramolecular Hbond substituents is 1. The van der Waals surface area contributed by atoms with Crippen LogP contribution in [0.15, 0.2) is 24.3 Å². The topological polar surface area (TPSA) is 166 Å². The Balaban J connectivity index is 2.19. The smallest absolute Gasteiger partial charge is 0.342 e. The number of fused-ring (bicyclic) bond motifs is 1. The molecule has 2 aromatic carbocycles. The molecule has 0 aliphatic carbocycles. The summed E-state index contributed by atoms with van der Waals surface area (Å²) in [7, 11) is 1.16. The van der Waals surface area contributed by atoms with Crippen molar-refractivity contribution in [3.05, 3.63) is 35.4 Å². The molecule has 2 aromatic rings. The minimum absolute atomic E-state index is 0.0670. The van der Waals surface area contributed by atoms with Crippen LogP contribution < -0.4 is 4.74 Å². The summed E-state index contributed by atoms with van der Waals surface area (Å²) in [4.78, 5) is 12.6. The van der Waals surface area contributed by atoms with Gasteiger partial charge in [-0.2, -0.15) is 0 Å². The van der Waals surface area contributed by atoms with E-state index in [0.717, 1.165) is 7.11 Å². The third-order valence-corrected chi connectivity index (χ3v) is 5.70. The van der Waals surface area contributed by atoms with Gasteiger partial charge in [0.05, 0.1) is 19.3 Å². The average molecular weight is 466 g/mol. The lowest BCUT2D eigenvalue weighted by molar-refractivity contribution is -0.277. The number of esters is 1. The Bertz CT molecular complexity index is 997. The summed E-state index contributed by atoms with van der Waals surface area (Å²) < 4.78 is 16.3. The van der Waals surface area contributed by atoms with Crippen molar-refractivity contribution in [3.63, 3.8) is 0 Å². The third-order valence-electron chi connectivity index (χ3n) is 5.70. The maximum Gasteiger partial charge on any atom is 0.342 e. The van der Waals surface area contributed by atoms with E-state index in [1.807, 2.05) is 0 Å². The summed E-state index contributed by atoms with van der Waals surface area (Å²) in [5, 5.41) is 61.9. The van der Waals surface area contributed by atoms with Crippen LogP contribution in [-0.2, 0) is 15.9 Å². The molecular formula is C23H30O10. The number of carbonyl (C=O) groups is 1. The van der Waals surface area contributed by atoms with Gasteiger partial charge in [0.25, 0.3) is 0 Å². The van der Waals surface area contributed by atoms with Crippen molar-refractivity contribution in [2.24, 2.45) is 0 Å². The summed E-state index contributed by atoms with van der Waals surface area (Å²) >= 11 is 0. The van der Waals surface area contributed by atoms with E-state index in [1.54, 1.807) is 38.1 Å². The Hall–Kier alpha value is -2.47. The second-order valence-corrected chi connectivity index (χ2v) is 8.70. The summed E-state index contributed by atoms with van der Waals surface area (Å²) in [6.45, 7) is 2.54. The zero-order valence-corrected chi connectivity index (χ0v) is 18.6. The highest BCUT2D eigenvalue weighted by Gasteiger charge is 2.45. The number of rotatable bonds is 7. The van der Waals surface area contributed by atoms with Gasteiger partial charge in [-0.15, -0.1) is 0 Å². The quantitative estimate of drug-likeness (QED) is 0.311. The number of benzene rings is 2. The molecule has 5 atom stereocenters. The molecule has 1 aliphatic rings. The lowest BCUT2D eigenvalue weighted by Gasteiger charge is -2.40. The van der Waals surface area contributed by atoms with Gasteiger partial charge in [0.15, 0.2) is 0 Å². The fraction of sp³-hybridized carbons (Fsp3) is 0.522. The van der Waals surface area contributed by atoms with E-state index in [0.29, 0.717) is 5.39 Å². The van der Waals surface area contributed by atoms with Crippen LogP contribution in [0.2, 0.25) is 0 Å². The highest BCUT2D eigenvalue weighted by atomic mass is 16.7. The van der Waals surface area contributed by atoms with Gasteiger partial charge in [-0.25, -0.2) is 4.79 Å². The van der Waals surface area contributed by atoms with Crippen molar-refractivity contribution in [2.45, 2.75) is 63.0 Å². The van der Waals surface area contributed by atoms with Gasteiger partial charge in [-0.3, -0.25) is 0 Å². The van der Waals surface area contributed by atoms with Crippen LogP contribution in [0, 0.1) is 0 Å². The summed E-state index contributed by atoms with van der Waals surface area (Å²) in [6, 6.07) is 6.52. The van der Waals surface area contributed by atoms with Gasteiger partial charge < -0.3 is 44.8 Å². The number of phenols is 1. The van der Waals surface area contributed by atoms with Crippen LogP contribution in [0.1, 0.15) is 36.2 Å². The maximum atomic E-state index is 12.6. The normalized spacial score (nSPS) is 25.8. The van der Waals surface area contributed by atoms with Crippen LogP contribution >= 0.6 is 0 Å². The Morgan fingerprint density at radius 2 is 1.73 bits per heavy atom. The van der Waals surface area contributed by atoms with E-state index in [4.69, 9.17) is 14.2 Å². The van der Waals surface area contributed by atoms with E-state index in [9.17, 15) is 35.4 Å². The fourth-order valence-corrected chi connectivity index (χ4v) is 3.85. The molecule has 1 unspecified atom stereocenters. The summed E-state index contributed by atoms with van der Waals surface area (Å²) in [5.74, 6) is -1.09. The highest BCUT2D eigenvalue weighted by molar-refractivity contribution is 6.05. The zero-order valence-electron chi connectivity index (χ0n) is 18.6. The fourth-order valence-electron chi connectivity index (χ4n) is 3.85. The Kier molecular flexibility index (Phi) is 7.47. The minimum atomic E-state index is -1.68. The third kappa shape index (κ3) is 5.06. The molecular weight excluding hydrogens is 436 g/mol. The number of methoxy groups -OCH3 is 1. The molecule has 1 saturated heterocycles. The molecule has 6 N–H and O–H groups in total. The van der Waals surface area contributed by atoms with Gasteiger partial charge >= 0.3 is 5.97 Å². The average Bonchev–Trinajstić information content (AvgIpc) is 2.78. The lowest BCUT2D eigenvalue weighted by atomic mass is 9.91. The second-order valence-electron chi connectivity index (χ2n) is 8.70. The van der Waals surface area contributed by atoms with Gasteiger partial charge in [0.1, 0.15) is 41.5 Å². The molecule has 1 heterocycles. The maximum absolute atomic E-state index is 12.6. The predicted molar refractivity (Wildman–Crippen MR) is 116 cm³/mol. The largest absolute Gasteiger partial charge is 0.506 e. The van der Waals surface area contributed by atoms with Crippen LogP contribution in [0.3, 0.4) is 0 Å². The first-order valence-electron chi connectivity index (χ1n) is 10.5. The van der Waals surface area contributed by atoms with E-state index in [1.165, 1.54) is 0 Å². The van der Waals surface area contributed by atoms with Crippen molar-refractivity contribution in [1.82, 2.24) is 0 Å². The van der Waals surface area contributed by atoms with E-state index < -0.39 is 48.9 Å². The molecule has 0 saturated carbocycles. The van der Waals surface area contributed by atoms with E-state index in [2.05, 4.69) is 0 Å². The molecule has 0 aromatic heterocycles. The highest BCUT2D eigenvalue weighted by Crippen LogP contribution is 2.43. The van der Waals surface area contributed by atoms with Gasteiger partial charge in [-0.1, -0.05) is 24.3 Å². The minimum Gasteiger partial charge on any atom is -0.506 e. The zero-order chi connectivity index (χ0) is 24.5. The van der Waals surface area contributed by atoms with Gasteiger partial charge in [0, 0.05) is 16.3 Å². The molecule has 3 rings (SSSR count). The van der Waals surface area contributed by atoms with Gasteiger partial charge in [0.2, 0.25) is 6.29 Å². The molecule has 10 heteroatoms. The molecule has 10 nitrogen and oxygen atoms in total. The van der Waals surface area contributed by atoms with Gasteiger partial charge in [-0.05, 0) is 26.7 Å². The summed E-state index contributed by atoms with van der Waals surface area (Å²) in [6.07, 6.45) is -7.36. The first-order valence-corrected chi connectivity index (χ1v) is 10.5. The molecule has 0 amide bonds. The summed E-state index contributed by atoms with van der Waals surface area (Å²) in [5.41, 5.74) is -1.08. The number of aliphatic hydroxyl groups is 5. The van der Waals surface area contributed by atoms with Crippen LogP contribution in [0.25, 0.3) is 10.8 Å². The molecule has 33 heavy (non-hydrogen) atoms. The first kappa shape index (κ1) is 25.2. The van der Waals surface area contributed by atoms with Crippen molar-refractivity contribution in [3.8, 4) is 11.5 Å². The number of ether oxygens (including phenoxy) is 3. The molecule has 0 bridgehead atoms. The number of carbonyl (C=O) groups excluding carboxylic acids is 1. The number of hydrogen-bond donors (Lipinski definition) is 6. The van der Waals surface area contributed by atoms with Crippen molar-refractivity contribution < 1.29 is 49.6 Å². The Morgan fingerprint density at radius 1 is 1.09 bits per heavy atom.